The molecule has 0 amide bonds. The van der Waals surface area contributed by atoms with Crippen LogP contribution in [0.4, 0.5) is 45.2 Å². The fourth-order valence-corrected chi connectivity index (χ4v) is 5.93. The molecule has 0 N–H and O–H groups in total. The summed E-state index contributed by atoms with van der Waals surface area (Å²) in [7, 11) is -1.90. The molecule has 2 aliphatic rings. The Balaban J connectivity index is 1.53. The lowest BCUT2D eigenvalue weighted by molar-refractivity contribution is -0.143. The van der Waals surface area contributed by atoms with Crippen molar-refractivity contribution in [3.8, 4) is 0 Å². The number of nitrogens with zero attached hydrogens (tertiary/aromatic N) is 2. The van der Waals surface area contributed by atoms with Gasteiger partial charge in [-0.1, -0.05) is 6.07 Å². The highest BCUT2D eigenvalue weighted by molar-refractivity contribution is 7.82. The number of anilines is 1. The first-order valence-electron chi connectivity index (χ1n) is 11.1. The third-order valence-electron chi connectivity index (χ3n) is 6.22. The highest BCUT2D eigenvalue weighted by atomic mass is 32.2. The van der Waals surface area contributed by atoms with E-state index in [1.54, 1.807) is 4.31 Å². The van der Waals surface area contributed by atoms with E-state index in [1.165, 1.54) is 17.0 Å². The van der Waals surface area contributed by atoms with Crippen LogP contribution in [0.5, 0.6) is 0 Å². The van der Waals surface area contributed by atoms with E-state index < -0.39 is 46.2 Å². The maximum absolute atomic E-state index is 13.3. The van der Waals surface area contributed by atoms with Gasteiger partial charge in [0, 0.05) is 30.9 Å². The van der Waals surface area contributed by atoms with Crippen molar-refractivity contribution in [1.29, 1.82) is 0 Å². The quantitative estimate of drug-likeness (QED) is 0.383. The molecule has 2 aromatic carbocycles. The first kappa shape index (κ1) is 26.8. The molecule has 1 aliphatic heterocycles. The molecular formula is C23H21F9N2OS. The average molecular weight is 544 g/mol. The molecule has 198 valence electrons. The molecule has 0 spiro atoms. The van der Waals surface area contributed by atoms with Crippen LogP contribution >= 0.6 is 0 Å². The fraction of sp³-hybridized carbons (Fsp3) is 0.478. The maximum atomic E-state index is 13.3. The van der Waals surface area contributed by atoms with Gasteiger partial charge in [-0.2, -0.15) is 39.5 Å². The minimum Gasteiger partial charge on any atom is -0.371 e. The first-order chi connectivity index (χ1) is 16.6. The molecule has 2 aromatic rings. The molecule has 0 aromatic heterocycles. The van der Waals surface area contributed by atoms with Crippen molar-refractivity contribution in [2.75, 3.05) is 18.0 Å². The summed E-state index contributed by atoms with van der Waals surface area (Å²) < 4.78 is 134. The minimum atomic E-state index is -4.96. The van der Waals surface area contributed by atoms with Gasteiger partial charge in [-0.25, -0.2) is 8.51 Å². The first-order valence-corrected chi connectivity index (χ1v) is 12.2. The Hall–Kier alpha value is -2.28. The third kappa shape index (κ3) is 5.99. The molecule has 13 heteroatoms. The van der Waals surface area contributed by atoms with Gasteiger partial charge >= 0.3 is 18.5 Å². The maximum Gasteiger partial charge on any atom is 0.416 e. The van der Waals surface area contributed by atoms with Gasteiger partial charge in [0.2, 0.25) is 0 Å². The Bertz CT molecular complexity index is 1090. The second kappa shape index (κ2) is 9.55. The zero-order valence-corrected chi connectivity index (χ0v) is 19.4. The zero-order valence-electron chi connectivity index (χ0n) is 18.6. The van der Waals surface area contributed by atoms with Crippen LogP contribution in [-0.4, -0.2) is 33.7 Å². The van der Waals surface area contributed by atoms with Crippen LogP contribution in [0.1, 0.15) is 42.4 Å². The van der Waals surface area contributed by atoms with Crippen LogP contribution < -0.4 is 4.90 Å². The number of hydrogen-bond donors (Lipinski definition) is 0. The van der Waals surface area contributed by atoms with Crippen LogP contribution in [-0.2, 0) is 29.5 Å². The Labute approximate surface area is 203 Å². The largest absolute Gasteiger partial charge is 0.416 e. The van der Waals surface area contributed by atoms with E-state index in [2.05, 4.69) is 0 Å². The van der Waals surface area contributed by atoms with Crippen molar-refractivity contribution >= 4 is 16.7 Å². The lowest BCUT2D eigenvalue weighted by atomic mass is 10.0. The van der Waals surface area contributed by atoms with E-state index in [9.17, 15) is 43.7 Å². The van der Waals surface area contributed by atoms with E-state index in [0.29, 0.717) is 25.0 Å². The molecule has 1 heterocycles. The van der Waals surface area contributed by atoms with Gasteiger partial charge in [0.15, 0.2) is 0 Å². The summed E-state index contributed by atoms with van der Waals surface area (Å²) in [4.78, 5) is 1.41. The lowest BCUT2D eigenvalue weighted by Crippen LogP contribution is -2.46. The monoisotopic (exact) mass is 544 g/mol. The summed E-state index contributed by atoms with van der Waals surface area (Å²) in [6, 6.07) is 5.20. The van der Waals surface area contributed by atoms with Gasteiger partial charge < -0.3 is 4.90 Å². The number of rotatable bonds is 5. The van der Waals surface area contributed by atoms with Crippen molar-refractivity contribution < 1.29 is 43.7 Å². The molecule has 1 unspecified atom stereocenters. The van der Waals surface area contributed by atoms with Gasteiger partial charge in [-0.05, 0) is 62.1 Å². The molecule has 0 bridgehead atoms. The van der Waals surface area contributed by atoms with Crippen molar-refractivity contribution in [3.05, 3.63) is 59.2 Å². The predicted octanol–water partition coefficient (Wildman–Crippen LogP) is 6.90. The molecule has 36 heavy (non-hydrogen) atoms. The van der Waals surface area contributed by atoms with Gasteiger partial charge in [-0.3, -0.25) is 0 Å². The summed E-state index contributed by atoms with van der Waals surface area (Å²) in [6.07, 6.45) is -12.6. The molecule has 1 aliphatic carbocycles. The predicted molar refractivity (Wildman–Crippen MR) is 114 cm³/mol. The van der Waals surface area contributed by atoms with E-state index in [0.717, 1.165) is 12.1 Å². The number of hydrogen-bond acceptors (Lipinski definition) is 2. The Morgan fingerprint density at radius 1 is 0.694 bits per heavy atom. The molecular weight excluding hydrogens is 523 g/mol. The highest BCUT2D eigenvalue weighted by Gasteiger charge is 2.41. The van der Waals surface area contributed by atoms with Crippen LogP contribution in [0.2, 0.25) is 0 Å². The average Bonchev–Trinajstić information content (AvgIpc) is 3.63. The van der Waals surface area contributed by atoms with Crippen LogP contribution in [0.25, 0.3) is 0 Å². The van der Waals surface area contributed by atoms with Gasteiger partial charge in [-0.15, -0.1) is 0 Å². The summed E-state index contributed by atoms with van der Waals surface area (Å²) in [5, 5.41) is 0. The number of benzene rings is 2. The lowest BCUT2D eigenvalue weighted by Gasteiger charge is -2.39. The summed E-state index contributed by atoms with van der Waals surface area (Å²) in [5.41, 5.74) is -3.95. The second-order valence-corrected chi connectivity index (χ2v) is 10.2. The second-order valence-electron chi connectivity index (χ2n) is 8.85. The Morgan fingerprint density at radius 3 is 1.67 bits per heavy atom. The van der Waals surface area contributed by atoms with E-state index in [1.807, 2.05) is 0 Å². The molecule has 1 atom stereocenters. The van der Waals surface area contributed by atoms with E-state index >= 15 is 0 Å². The van der Waals surface area contributed by atoms with Gasteiger partial charge in [0.05, 0.1) is 21.6 Å². The van der Waals surface area contributed by atoms with Gasteiger partial charge in [0.1, 0.15) is 11.0 Å². The molecule has 4 rings (SSSR count). The zero-order chi connectivity index (χ0) is 26.5. The van der Waals surface area contributed by atoms with Crippen molar-refractivity contribution in [3.63, 3.8) is 0 Å². The topological polar surface area (TPSA) is 23.6 Å². The summed E-state index contributed by atoms with van der Waals surface area (Å²) >= 11 is 0. The van der Waals surface area contributed by atoms with Crippen molar-refractivity contribution in [2.24, 2.45) is 0 Å². The molecule has 2 fully saturated rings. The number of halogens is 9. The Kier molecular flexibility index (Phi) is 7.10. The summed E-state index contributed by atoms with van der Waals surface area (Å²) in [6.45, 7) is 0.207. The standard InChI is InChI=1S/C23H21F9N2OS/c24-21(25,26)14-2-1-3-20(13-14)36(35)34(17-4-5-17)18-6-8-33(9-7-18)19-11-15(22(27,28)29)10-16(12-19)23(30,31)32/h1-3,10-13,17-18H,4-9H2. The summed E-state index contributed by atoms with van der Waals surface area (Å²) in [5.74, 6) is 0. The van der Waals surface area contributed by atoms with Crippen molar-refractivity contribution in [1.82, 2.24) is 4.31 Å². The van der Waals surface area contributed by atoms with Crippen LogP contribution in [0, 0.1) is 0 Å². The van der Waals surface area contributed by atoms with E-state index in [4.69, 9.17) is 0 Å². The number of alkyl halides is 9. The fourth-order valence-electron chi connectivity index (χ4n) is 4.30. The van der Waals surface area contributed by atoms with E-state index in [-0.39, 0.29) is 54.7 Å². The molecule has 1 saturated heterocycles. The normalized spacial score (nSPS) is 19.1. The minimum absolute atomic E-state index is 0.00754. The molecule has 1 saturated carbocycles. The van der Waals surface area contributed by atoms with Gasteiger partial charge in [0.25, 0.3) is 0 Å². The number of piperidine rings is 1. The van der Waals surface area contributed by atoms with Crippen molar-refractivity contribution in [2.45, 2.75) is 61.2 Å². The molecule has 3 nitrogen and oxygen atoms in total. The smallest absolute Gasteiger partial charge is 0.371 e. The SMILES string of the molecule is O=S(c1cccc(C(F)(F)F)c1)N(C1CC1)C1CCN(c2cc(C(F)(F)F)cc(C(F)(F)F)c2)CC1. The highest BCUT2D eigenvalue weighted by Crippen LogP contribution is 2.40. The van der Waals surface area contributed by atoms with Crippen LogP contribution in [0.15, 0.2) is 47.4 Å². The Morgan fingerprint density at radius 2 is 1.19 bits per heavy atom. The third-order valence-corrected chi connectivity index (χ3v) is 7.86. The van der Waals surface area contributed by atoms with Crippen LogP contribution in [0.3, 0.4) is 0 Å². The molecule has 0 radical (unpaired) electrons.